The van der Waals surface area contributed by atoms with Crippen LogP contribution in [0.15, 0.2) is 0 Å². The van der Waals surface area contributed by atoms with E-state index in [4.69, 9.17) is 0 Å². The summed E-state index contributed by atoms with van der Waals surface area (Å²) < 4.78 is 0. The first-order valence-corrected chi connectivity index (χ1v) is 29.6. The Kier molecular flexibility index (Phi) is 47.7. The van der Waals surface area contributed by atoms with Crippen LogP contribution in [0.3, 0.4) is 0 Å². The van der Waals surface area contributed by atoms with Crippen molar-refractivity contribution in [3.05, 3.63) is 0 Å². The molecule has 0 spiro atoms. The van der Waals surface area contributed by atoms with Crippen molar-refractivity contribution in [3.8, 4) is 0 Å². The fourth-order valence-electron chi connectivity index (χ4n) is 10.1. The highest BCUT2D eigenvalue weighted by molar-refractivity contribution is 6.59. The van der Waals surface area contributed by atoms with Crippen LogP contribution in [0.4, 0.5) is 0 Å². The molecule has 0 N–H and O–H groups in total. The molecule has 0 amide bonds. The van der Waals surface area contributed by atoms with Gasteiger partial charge in [0, 0.05) is 0 Å². The van der Waals surface area contributed by atoms with Crippen LogP contribution in [-0.2, 0) is 0 Å². The molecule has 0 aliphatic rings. The van der Waals surface area contributed by atoms with Crippen LogP contribution in [0.2, 0.25) is 15.8 Å². The standard InChI is InChI=1S/3C18H37.Al/c3*1-4-6-8-10-11-12-13-15-17-18(3)16-14-9-7-5-2;/h3*18H,3-17H2,1-2H3;. The van der Waals surface area contributed by atoms with Crippen LogP contribution < -0.4 is 0 Å². The lowest BCUT2D eigenvalue weighted by Gasteiger charge is -2.28. The molecule has 3 atom stereocenters. The van der Waals surface area contributed by atoms with Crippen LogP contribution in [0.1, 0.15) is 311 Å². The Hall–Kier alpha value is 0.532. The summed E-state index contributed by atoms with van der Waals surface area (Å²) in [5.74, 6) is 3.17. The van der Waals surface area contributed by atoms with Gasteiger partial charge in [0.05, 0.1) is 0 Å². The molecule has 3 unspecified atom stereocenters. The van der Waals surface area contributed by atoms with Crippen molar-refractivity contribution in [2.75, 3.05) is 0 Å². The van der Waals surface area contributed by atoms with Gasteiger partial charge >= 0.3 is 0 Å². The summed E-state index contributed by atoms with van der Waals surface area (Å²) >= 11 is -0.818. The minimum absolute atomic E-state index is 0.818. The first-order chi connectivity index (χ1) is 27.1. The largest absolute Gasteiger partial charge is 0.262 e. The van der Waals surface area contributed by atoms with E-state index in [-0.39, 0.29) is 0 Å². The van der Waals surface area contributed by atoms with E-state index in [0.717, 1.165) is 17.8 Å². The smallest absolute Gasteiger partial charge is 0.0910 e. The summed E-state index contributed by atoms with van der Waals surface area (Å²) in [7, 11) is 0. The first kappa shape index (κ1) is 55.5. The zero-order valence-corrected chi connectivity index (χ0v) is 41.3. The molecule has 0 aromatic rings. The summed E-state index contributed by atoms with van der Waals surface area (Å²) in [6.07, 6.45) is 62.5. The highest BCUT2D eigenvalue weighted by Crippen LogP contribution is 2.35. The quantitative estimate of drug-likeness (QED) is 0.0426. The maximum absolute atomic E-state index is 2.40. The molecule has 0 aliphatic carbocycles. The van der Waals surface area contributed by atoms with E-state index < -0.39 is 14.1 Å². The fourth-order valence-corrected chi connectivity index (χ4v) is 14.9. The van der Waals surface area contributed by atoms with Gasteiger partial charge in [0.1, 0.15) is 0 Å². The van der Waals surface area contributed by atoms with Gasteiger partial charge in [-0.15, -0.1) is 0 Å². The van der Waals surface area contributed by atoms with E-state index >= 15 is 0 Å². The lowest BCUT2D eigenvalue weighted by molar-refractivity contribution is 0.404. The van der Waals surface area contributed by atoms with E-state index in [1.807, 2.05) is 0 Å². The van der Waals surface area contributed by atoms with Gasteiger partial charge in [-0.25, -0.2) is 0 Å². The lowest BCUT2D eigenvalue weighted by Crippen LogP contribution is -2.25. The lowest BCUT2D eigenvalue weighted by atomic mass is 9.95. The van der Waals surface area contributed by atoms with Crippen molar-refractivity contribution >= 4 is 14.1 Å². The predicted molar refractivity (Wildman–Crippen MR) is 259 cm³/mol. The van der Waals surface area contributed by atoms with Gasteiger partial charge in [0.15, 0.2) is 0 Å². The molecule has 0 saturated carbocycles. The molecule has 55 heavy (non-hydrogen) atoms. The van der Waals surface area contributed by atoms with E-state index in [0.29, 0.717) is 0 Å². The minimum Gasteiger partial charge on any atom is -0.0910 e. The Morgan fingerprint density at radius 1 is 0.200 bits per heavy atom. The van der Waals surface area contributed by atoms with E-state index in [2.05, 4.69) is 41.5 Å². The highest BCUT2D eigenvalue weighted by Gasteiger charge is 2.28. The Morgan fingerprint density at radius 2 is 0.345 bits per heavy atom. The first-order valence-electron chi connectivity index (χ1n) is 27.1. The third-order valence-corrected chi connectivity index (χ3v) is 17.8. The molecule has 0 aromatic heterocycles. The number of hydrogen-bond donors (Lipinski definition) is 0. The molecule has 0 saturated heterocycles. The van der Waals surface area contributed by atoms with Crippen molar-refractivity contribution < 1.29 is 0 Å². The molecule has 0 fully saturated rings. The third kappa shape index (κ3) is 41.1. The Bertz CT molecular complexity index is 582. The molecular formula is C54H111Al. The molecule has 0 bridgehead atoms. The normalized spacial score (nSPS) is 13.4. The highest BCUT2D eigenvalue weighted by atomic mass is 27.2. The van der Waals surface area contributed by atoms with Gasteiger partial charge in [0.2, 0.25) is 0 Å². The second-order valence-corrected chi connectivity index (χ2v) is 22.7. The molecular weight excluding hydrogens is 676 g/mol. The summed E-state index contributed by atoms with van der Waals surface area (Å²) in [6.45, 7) is 14.3. The molecule has 0 aromatic carbocycles. The Labute approximate surface area is 357 Å². The minimum atomic E-state index is -0.818. The maximum atomic E-state index is 2.40. The average Bonchev–Trinajstić information content (AvgIpc) is 3.19. The van der Waals surface area contributed by atoms with Gasteiger partial charge in [-0.3, -0.25) is 0 Å². The van der Waals surface area contributed by atoms with Crippen LogP contribution in [0, 0.1) is 17.8 Å². The van der Waals surface area contributed by atoms with Crippen molar-refractivity contribution in [3.63, 3.8) is 0 Å². The number of unbranched alkanes of at least 4 members (excludes halogenated alkanes) is 30. The Morgan fingerprint density at radius 3 is 0.527 bits per heavy atom. The molecule has 0 nitrogen and oxygen atoms in total. The molecule has 0 rings (SSSR count). The van der Waals surface area contributed by atoms with Crippen LogP contribution >= 0.6 is 0 Å². The second-order valence-electron chi connectivity index (χ2n) is 19.5. The number of rotatable bonds is 48. The van der Waals surface area contributed by atoms with Crippen LogP contribution in [0.5, 0.6) is 0 Å². The summed E-state index contributed by atoms with van der Waals surface area (Å²) in [6, 6.07) is 0. The van der Waals surface area contributed by atoms with Gasteiger partial charge in [-0.1, -0.05) is 345 Å². The Balaban J connectivity index is 5.83. The van der Waals surface area contributed by atoms with Crippen LogP contribution in [0.25, 0.3) is 0 Å². The maximum Gasteiger partial charge on any atom is 0.262 e. The monoisotopic (exact) mass is 787 g/mol. The van der Waals surface area contributed by atoms with E-state index in [1.165, 1.54) is 231 Å². The van der Waals surface area contributed by atoms with Crippen molar-refractivity contribution in [1.29, 1.82) is 0 Å². The zero-order chi connectivity index (χ0) is 40.1. The van der Waals surface area contributed by atoms with E-state index in [1.54, 1.807) is 54.4 Å². The molecule has 0 aliphatic heterocycles. The van der Waals surface area contributed by atoms with E-state index in [9.17, 15) is 0 Å². The molecule has 0 radical (unpaired) electrons. The predicted octanol–water partition coefficient (Wildman–Crippen LogP) is 20.8. The molecule has 330 valence electrons. The average molecular weight is 787 g/mol. The topological polar surface area (TPSA) is 0 Å². The van der Waals surface area contributed by atoms with Gasteiger partial charge in [-0.2, -0.15) is 0 Å². The van der Waals surface area contributed by atoms with Crippen molar-refractivity contribution in [2.45, 2.75) is 327 Å². The molecule has 1 heteroatoms. The molecule has 0 heterocycles. The fraction of sp³-hybridized carbons (Fsp3) is 1.00. The van der Waals surface area contributed by atoms with Gasteiger partial charge in [-0.05, 0) is 0 Å². The summed E-state index contributed by atoms with van der Waals surface area (Å²) in [5.41, 5.74) is 0. The third-order valence-electron chi connectivity index (χ3n) is 13.8. The summed E-state index contributed by atoms with van der Waals surface area (Å²) in [4.78, 5) is 0. The zero-order valence-electron chi connectivity index (χ0n) is 40.1. The van der Waals surface area contributed by atoms with Crippen molar-refractivity contribution in [2.24, 2.45) is 17.8 Å². The van der Waals surface area contributed by atoms with Crippen LogP contribution in [-0.4, -0.2) is 14.1 Å². The second kappa shape index (κ2) is 47.2. The van der Waals surface area contributed by atoms with Gasteiger partial charge < -0.3 is 0 Å². The SMILES string of the molecule is CCCCCCCCCCC(CCCCCC)[CH2][Al]([CH2]C(CCCCCC)CCCCCCCCCC)[CH2]C(CCCCCC)CCCCCCCCCC. The summed E-state index contributed by atoms with van der Waals surface area (Å²) in [5, 5.41) is 5.15. The van der Waals surface area contributed by atoms with Gasteiger partial charge in [0.25, 0.3) is 14.1 Å². The van der Waals surface area contributed by atoms with Crippen molar-refractivity contribution in [1.82, 2.24) is 0 Å². The number of hydrogen-bond acceptors (Lipinski definition) is 0.